The van der Waals surface area contributed by atoms with E-state index in [0.29, 0.717) is 47.4 Å². The molecule has 5 rings (SSSR count). The van der Waals surface area contributed by atoms with E-state index < -0.39 is 10.0 Å². The average Bonchev–Trinajstić information content (AvgIpc) is 3.22. The van der Waals surface area contributed by atoms with Gasteiger partial charge in [0.25, 0.3) is 5.78 Å². The number of hydrogen-bond acceptors (Lipinski definition) is 6. The van der Waals surface area contributed by atoms with Gasteiger partial charge < -0.3 is 4.90 Å². The van der Waals surface area contributed by atoms with Gasteiger partial charge in [-0.05, 0) is 62.8 Å². The molecule has 31 heavy (non-hydrogen) atoms. The van der Waals surface area contributed by atoms with Crippen molar-refractivity contribution >= 4 is 33.2 Å². The van der Waals surface area contributed by atoms with Crippen LogP contribution in [0.15, 0.2) is 23.4 Å². The SMILES string of the molecule is Cc1cc(S(=O)(=O)N2CCN(c3c4c(nc5ncnn35)CCCC4)CC2)c(C)cc1Cl. The molecule has 3 heterocycles. The molecular weight excluding hydrogens is 436 g/mol. The van der Waals surface area contributed by atoms with E-state index in [0.717, 1.165) is 42.8 Å². The van der Waals surface area contributed by atoms with Gasteiger partial charge in [0.1, 0.15) is 12.1 Å². The van der Waals surface area contributed by atoms with Crippen molar-refractivity contribution < 1.29 is 8.42 Å². The Morgan fingerprint density at radius 3 is 2.52 bits per heavy atom. The molecule has 0 unspecified atom stereocenters. The second-order valence-corrected chi connectivity index (χ2v) is 10.6. The first-order valence-electron chi connectivity index (χ1n) is 10.6. The van der Waals surface area contributed by atoms with Gasteiger partial charge >= 0.3 is 0 Å². The molecule has 8 nitrogen and oxygen atoms in total. The molecule has 1 fully saturated rings. The van der Waals surface area contributed by atoms with E-state index in [1.54, 1.807) is 27.9 Å². The van der Waals surface area contributed by atoms with Gasteiger partial charge in [-0.25, -0.2) is 13.4 Å². The summed E-state index contributed by atoms with van der Waals surface area (Å²) < 4.78 is 30.1. The molecule has 0 bridgehead atoms. The predicted molar refractivity (Wildman–Crippen MR) is 119 cm³/mol. The van der Waals surface area contributed by atoms with E-state index in [9.17, 15) is 8.42 Å². The topological polar surface area (TPSA) is 83.7 Å². The van der Waals surface area contributed by atoms with Gasteiger partial charge in [-0.1, -0.05) is 11.6 Å². The number of aryl methyl sites for hydroxylation is 3. The summed E-state index contributed by atoms with van der Waals surface area (Å²) in [7, 11) is -3.59. The molecule has 0 amide bonds. The van der Waals surface area contributed by atoms with E-state index >= 15 is 0 Å². The predicted octanol–water partition coefficient (Wildman–Crippen LogP) is 2.78. The molecule has 3 aromatic rings. The van der Waals surface area contributed by atoms with Crippen LogP contribution in [-0.4, -0.2) is 58.5 Å². The summed E-state index contributed by atoms with van der Waals surface area (Å²) in [6.07, 6.45) is 5.72. The number of fused-ring (bicyclic) bond motifs is 2. The molecule has 0 saturated carbocycles. The van der Waals surface area contributed by atoms with E-state index in [2.05, 4.69) is 15.0 Å². The zero-order valence-corrected chi connectivity index (χ0v) is 19.2. The van der Waals surface area contributed by atoms with Crippen LogP contribution >= 0.6 is 11.6 Å². The number of nitrogens with zero attached hydrogens (tertiary/aromatic N) is 6. The third-order valence-electron chi connectivity index (χ3n) is 6.29. The number of anilines is 1. The molecule has 1 aliphatic heterocycles. The lowest BCUT2D eigenvalue weighted by Crippen LogP contribution is -2.49. The largest absolute Gasteiger partial charge is 0.354 e. The van der Waals surface area contributed by atoms with Crippen LogP contribution in [0.5, 0.6) is 0 Å². The van der Waals surface area contributed by atoms with Crippen LogP contribution < -0.4 is 4.90 Å². The van der Waals surface area contributed by atoms with Crippen molar-refractivity contribution in [2.24, 2.45) is 0 Å². The zero-order chi connectivity index (χ0) is 21.8. The summed E-state index contributed by atoms with van der Waals surface area (Å²) in [6, 6.07) is 3.41. The molecule has 1 aromatic carbocycles. The zero-order valence-electron chi connectivity index (χ0n) is 17.7. The molecule has 1 saturated heterocycles. The maximum atomic E-state index is 13.3. The Morgan fingerprint density at radius 1 is 1.00 bits per heavy atom. The summed E-state index contributed by atoms with van der Waals surface area (Å²) in [4.78, 5) is 11.6. The van der Waals surface area contributed by atoms with Crippen LogP contribution in [0.4, 0.5) is 5.82 Å². The number of benzene rings is 1. The average molecular weight is 461 g/mol. The maximum Gasteiger partial charge on any atom is 0.254 e. The molecule has 0 atom stereocenters. The second kappa shape index (κ2) is 7.72. The molecule has 2 aliphatic rings. The normalized spacial score (nSPS) is 17.8. The Morgan fingerprint density at radius 2 is 1.74 bits per heavy atom. The summed E-state index contributed by atoms with van der Waals surface area (Å²) in [5, 5.41) is 4.99. The van der Waals surface area contributed by atoms with Gasteiger partial charge in [0.15, 0.2) is 0 Å². The Hall–Kier alpha value is -2.23. The van der Waals surface area contributed by atoms with Gasteiger partial charge in [-0.2, -0.15) is 18.9 Å². The van der Waals surface area contributed by atoms with Gasteiger partial charge in [0, 0.05) is 36.8 Å². The molecule has 0 spiro atoms. The number of hydrogen-bond donors (Lipinski definition) is 0. The molecule has 2 aromatic heterocycles. The van der Waals surface area contributed by atoms with Crippen molar-refractivity contribution in [3.8, 4) is 0 Å². The lowest BCUT2D eigenvalue weighted by Gasteiger charge is -2.37. The highest BCUT2D eigenvalue weighted by Crippen LogP contribution is 2.32. The Balaban J connectivity index is 1.44. The van der Waals surface area contributed by atoms with Crippen molar-refractivity contribution in [1.82, 2.24) is 23.9 Å². The Labute approximate surface area is 186 Å². The van der Waals surface area contributed by atoms with Gasteiger partial charge in [-0.15, -0.1) is 0 Å². The van der Waals surface area contributed by atoms with Gasteiger partial charge in [-0.3, -0.25) is 0 Å². The fourth-order valence-electron chi connectivity index (χ4n) is 4.60. The minimum absolute atomic E-state index is 0.336. The smallest absolute Gasteiger partial charge is 0.254 e. The standard InChI is InChI=1S/C21H25ClN6O2S/c1-14-12-19(15(2)11-17(14)22)31(29,30)27-9-7-26(8-10-27)20-16-5-3-4-6-18(16)25-21-23-13-24-28(20)21/h11-13H,3-10H2,1-2H3. The van der Waals surface area contributed by atoms with Crippen LogP contribution in [0.2, 0.25) is 5.02 Å². The lowest BCUT2D eigenvalue weighted by molar-refractivity contribution is 0.382. The van der Waals surface area contributed by atoms with Crippen molar-refractivity contribution in [3.05, 3.63) is 45.9 Å². The molecule has 1 aliphatic carbocycles. The lowest BCUT2D eigenvalue weighted by atomic mass is 9.96. The highest BCUT2D eigenvalue weighted by Gasteiger charge is 2.32. The first-order chi connectivity index (χ1) is 14.9. The van der Waals surface area contributed by atoms with Crippen molar-refractivity contribution in [2.45, 2.75) is 44.4 Å². The maximum absolute atomic E-state index is 13.3. The fourth-order valence-corrected chi connectivity index (χ4v) is 6.53. The summed E-state index contributed by atoms with van der Waals surface area (Å²) in [6.45, 7) is 5.63. The third-order valence-corrected chi connectivity index (χ3v) is 8.73. The summed E-state index contributed by atoms with van der Waals surface area (Å²) in [5.41, 5.74) is 3.76. The minimum Gasteiger partial charge on any atom is -0.354 e. The number of rotatable bonds is 3. The van der Waals surface area contributed by atoms with Crippen LogP contribution in [0.25, 0.3) is 5.78 Å². The Bertz CT molecular complexity index is 1260. The molecule has 0 radical (unpaired) electrons. The second-order valence-electron chi connectivity index (χ2n) is 8.30. The number of halogens is 1. The van der Waals surface area contributed by atoms with Crippen LogP contribution in [-0.2, 0) is 22.9 Å². The van der Waals surface area contributed by atoms with E-state index in [1.165, 1.54) is 11.9 Å². The van der Waals surface area contributed by atoms with E-state index in [1.807, 2.05) is 6.92 Å². The highest BCUT2D eigenvalue weighted by molar-refractivity contribution is 7.89. The monoisotopic (exact) mass is 460 g/mol. The number of sulfonamides is 1. The summed E-state index contributed by atoms with van der Waals surface area (Å²) >= 11 is 6.17. The van der Waals surface area contributed by atoms with Crippen molar-refractivity contribution in [3.63, 3.8) is 0 Å². The molecule has 164 valence electrons. The quantitative estimate of drug-likeness (QED) is 0.597. The first kappa shape index (κ1) is 20.7. The fraction of sp³-hybridized carbons (Fsp3) is 0.476. The van der Waals surface area contributed by atoms with Gasteiger partial charge in [0.2, 0.25) is 10.0 Å². The molecular formula is C21H25ClN6O2S. The van der Waals surface area contributed by atoms with Crippen molar-refractivity contribution in [2.75, 3.05) is 31.1 Å². The van der Waals surface area contributed by atoms with E-state index in [-0.39, 0.29) is 0 Å². The van der Waals surface area contributed by atoms with Gasteiger partial charge in [0.05, 0.1) is 10.6 Å². The van der Waals surface area contributed by atoms with Crippen molar-refractivity contribution in [1.29, 1.82) is 0 Å². The Kier molecular flexibility index (Phi) is 5.15. The summed E-state index contributed by atoms with van der Waals surface area (Å²) in [5.74, 6) is 1.63. The van der Waals surface area contributed by atoms with Crippen LogP contribution in [0.1, 0.15) is 35.2 Å². The number of piperazine rings is 1. The van der Waals surface area contributed by atoms with E-state index in [4.69, 9.17) is 16.6 Å². The minimum atomic E-state index is -3.59. The third kappa shape index (κ3) is 3.48. The molecule has 10 heteroatoms. The van der Waals surface area contributed by atoms with Crippen LogP contribution in [0, 0.1) is 13.8 Å². The van der Waals surface area contributed by atoms with Crippen LogP contribution in [0.3, 0.4) is 0 Å². The first-order valence-corrected chi connectivity index (χ1v) is 12.4. The number of aromatic nitrogens is 4. The molecule has 0 N–H and O–H groups in total. The highest BCUT2D eigenvalue weighted by atomic mass is 35.5.